The molecule has 1 aliphatic carbocycles. The van der Waals surface area contributed by atoms with Crippen molar-refractivity contribution in [1.82, 2.24) is 15.3 Å². The molecule has 0 aromatic carbocycles. The topological polar surface area (TPSA) is 72.5 Å². The fraction of sp³-hybridized carbons (Fsp3) is 0.880. The quantitative estimate of drug-likeness (QED) is 0.435. The summed E-state index contributed by atoms with van der Waals surface area (Å²) in [5.74, 6) is -2.20. The first-order valence-electron chi connectivity index (χ1n) is 12.6. The van der Waals surface area contributed by atoms with Gasteiger partial charge in [0.15, 0.2) is 5.79 Å². The summed E-state index contributed by atoms with van der Waals surface area (Å²) >= 11 is 0. The monoisotopic (exact) mass is 467 g/mol. The second-order valence-corrected chi connectivity index (χ2v) is 10.6. The van der Waals surface area contributed by atoms with Gasteiger partial charge in [-0.3, -0.25) is 4.79 Å². The molecule has 3 aliphatic rings. The Morgan fingerprint density at radius 3 is 2.12 bits per heavy atom. The fourth-order valence-electron chi connectivity index (χ4n) is 5.45. The summed E-state index contributed by atoms with van der Waals surface area (Å²) in [6.45, 7) is 13.9. The van der Waals surface area contributed by atoms with E-state index in [0.717, 1.165) is 6.42 Å². The van der Waals surface area contributed by atoms with Crippen LogP contribution >= 0.6 is 0 Å². The van der Waals surface area contributed by atoms with Gasteiger partial charge in [-0.15, -0.1) is 0 Å². The molecule has 2 unspecified atom stereocenters. The van der Waals surface area contributed by atoms with Crippen LogP contribution in [0.25, 0.3) is 0 Å². The van der Waals surface area contributed by atoms with Gasteiger partial charge in [-0.05, 0) is 32.8 Å². The van der Waals surface area contributed by atoms with Gasteiger partial charge in [-0.2, -0.15) is 0 Å². The van der Waals surface area contributed by atoms with E-state index in [1.165, 1.54) is 0 Å². The number of carbonyl (C=O) groups excluding carboxylic acids is 1. The van der Waals surface area contributed by atoms with Crippen molar-refractivity contribution >= 4 is 5.91 Å². The molecule has 0 bridgehead atoms. The number of hydrogen-bond donors (Lipinski definition) is 1. The first-order chi connectivity index (χ1) is 15.6. The van der Waals surface area contributed by atoms with Crippen molar-refractivity contribution in [2.24, 2.45) is 11.3 Å². The van der Waals surface area contributed by atoms with Crippen LogP contribution in [0.5, 0.6) is 0 Å². The number of hydrazine groups is 1. The van der Waals surface area contributed by atoms with Gasteiger partial charge in [-0.25, -0.2) is 10.4 Å². The maximum absolute atomic E-state index is 14.1. The zero-order chi connectivity index (χ0) is 24.3. The van der Waals surface area contributed by atoms with Crippen molar-refractivity contribution in [3.63, 3.8) is 0 Å². The summed E-state index contributed by atoms with van der Waals surface area (Å²) in [7, 11) is 3.91. The average Bonchev–Trinajstić information content (AvgIpc) is 3.23. The summed E-state index contributed by atoms with van der Waals surface area (Å²) in [6.07, 6.45) is 6.70. The van der Waals surface area contributed by atoms with Crippen LogP contribution in [0.2, 0.25) is 0 Å². The Labute approximate surface area is 199 Å². The lowest BCUT2D eigenvalue weighted by Gasteiger charge is -2.59. The maximum Gasteiger partial charge on any atom is 0.228 e. The van der Waals surface area contributed by atoms with Crippen molar-refractivity contribution in [3.05, 3.63) is 12.2 Å². The third-order valence-electron chi connectivity index (χ3n) is 7.17. The largest absolute Gasteiger partial charge is 0.348 e. The van der Waals surface area contributed by atoms with Crippen molar-refractivity contribution < 1.29 is 23.7 Å². The molecule has 3 fully saturated rings. The van der Waals surface area contributed by atoms with E-state index in [9.17, 15) is 4.79 Å². The number of nitrogens with zero attached hydrogens (tertiary/aromatic N) is 2. The third-order valence-corrected chi connectivity index (χ3v) is 7.17. The van der Waals surface area contributed by atoms with Crippen LogP contribution in [-0.4, -0.2) is 86.5 Å². The Morgan fingerprint density at radius 2 is 1.61 bits per heavy atom. The molecule has 190 valence electrons. The van der Waals surface area contributed by atoms with Crippen LogP contribution in [0.3, 0.4) is 0 Å². The predicted molar refractivity (Wildman–Crippen MR) is 127 cm³/mol. The highest BCUT2D eigenvalue weighted by Gasteiger charge is 2.66. The number of hydrogen-bond acceptors (Lipinski definition) is 7. The molecule has 2 atom stereocenters. The van der Waals surface area contributed by atoms with Crippen LogP contribution < -0.4 is 5.43 Å². The molecule has 0 radical (unpaired) electrons. The summed E-state index contributed by atoms with van der Waals surface area (Å²) in [5, 5.41) is 1.92. The third kappa shape index (κ3) is 5.16. The smallest absolute Gasteiger partial charge is 0.228 e. The molecule has 2 saturated heterocycles. The summed E-state index contributed by atoms with van der Waals surface area (Å²) in [4.78, 5) is 16.0. The molecular formula is C25H45N3O5. The molecule has 1 amide bonds. The minimum Gasteiger partial charge on any atom is -0.348 e. The van der Waals surface area contributed by atoms with Crippen LogP contribution in [-0.2, 0) is 23.7 Å². The first-order valence-corrected chi connectivity index (χ1v) is 12.6. The number of carbonyl (C=O) groups is 1. The SMILES string of the molecule is CC/C=C\C1(C2(NN(C)C)CCC3(CC2C(=O)N(CC)CC)OCCO3)OCC(C)(C)CO1. The highest BCUT2D eigenvalue weighted by molar-refractivity contribution is 5.81. The molecule has 8 heteroatoms. The van der Waals surface area contributed by atoms with Crippen molar-refractivity contribution in [3.8, 4) is 0 Å². The number of amides is 1. The summed E-state index contributed by atoms with van der Waals surface area (Å²) in [5.41, 5.74) is 2.73. The first kappa shape index (κ1) is 26.6. The van der Waals surface area contributed by atoms with Gasteiger partial charge in [0.1, 0.15) is 5.54 Å². The molecule has 3 rings (SSSR count). The molecular weight excluding hydrogens is 422 g/mol. The van der Waals surface area contributed by atoms with E-state index in [2.05, 4.69) is 32.3 Å². The average molecular weight is 468 g/mol. The van der Waals surface area contributed by atoms with Gasteiger partial charge in [0.05, 0.1) is 32.3 Å². The number of allylic oxidation sites excluding steroid dienone is 1. The predicted octanol–water partition coefficient (Wildman–Crippen LogP) is 2.94. The molecule has 8 nitrogen and oxygen atoms in total. The summed E-state index contributed by atoms with van der Waals surface area (Å²) < 4.78 is 25.5. The molecule has 33 heavy (non-hydrogen) atoms. The standard InChI is InChI=1S/C25H45N3O5/c1-8-11-12-25(32-18-22(4,5)19-33-25)24(26-27(6)7)14-13-23(30-15-16-31-23)17-20(24)21(29)28(9-2)10-3/h11-12,20,26H,8-10,13-19H2,1-7H3/b12-11-. The lowest BCUT2D eigenvalue weighted by Crippen LogP contribution is -2.76. The molecule has 0 aromatic rings. The zero-order valence-corrected chi connectivity index (χ0v) is 21.7. The minimum atomic E-state index is -1.09. The summed E-state index contributed by atoms with van der Waals surface area (Å²) in [6, 6.07) is 0. The van der Waals surface area contributed by atoms with Gasteiger partial charge in [0, 0.05) is 45.4 Å². The van der Waals surface area contributed by atoms with E-state index in [4.69, 9.17) is 18.9 Å². The Balaban J connectivity index is 2.14. The fourth-order valence-corrected chi connectivity index (χ4v) is 5.45. The highest BCUT2D eigenvalue weighted by atomic mass is 16.7. The molecule has 2 heterocycles. The van der Waals surface area contributed by atoms with Gasteiger partial charge in [0.25, 0.3) is 0 Å². The number of nitrogens with one attached hydrogen (secondary N) is 1. The van der Waals surface area contributed by atoms with Gasteiger partial charge < -0.3 is 23.8 Å². The van der Waals surface area contributed by atoms with E-state index in [-0.39, 0.29) is 11.3 Å². The van der Waals surface area contributed by atoms with Crippen LogP contribution in [0.1, 0.15) is 60.3 Å². The second-order valence-electron chi connectivity index (χ2n) is 10.6. The number of ether oxygens (including phenoxy) is 4. The Morgan fingerprint density at radius 1 is 1.00 bits per heavy atom. The van der Waals surface area contributed by atoms with Crippen LogP contribution in [0.15, 0.2) is 12.2 Å². The van der Waals surface area contributed by atoms with Gasteiger partial charge >= 0.3 is 0 Å². The van der Waals surface area contributed by atoms with Crippen LogP contribution in [0.4, 0.5) is 0 Å². The zero-order valence-electron chi connectivity index (χ0n) is 21.7. The normalized spacial score (nSPS) is 30.8. The van der Waals surface area contributed by atoms with Gasteiger partial charge in [0.2, 0.25) is 11.7 Å². The lowest BCUT2D eigenvalue weighted by atomic mass is 9.64. The molecule has 1 N–H and O–H groups in total. The van der Waals surface area contributed by atoms with E-state index in [1.807, 2.05) is 43.9 Å². The molecule has 1 spiro atoms. The molecule has 0 aromatic heterocycles. The van der Waals surface area contributed by atoms with E-state index in [1.54, 1.807) is 0 Å². The Kier molecular flexibility index (Phi) is 8.29. The van der Waals surface area contributed by atoms with E-state index < -0.39 is 23.0 Å². The van der Waals surface area contributed by atoms with Crippen molar-refractivity contribution in [1.29, 1.82) is 0 Å². The van der Waals surface area contributed by atoms with Crippen molar-refractivity contribution in [2.45, 2.75) is 77.4 Å². The van der Waals surface area contributed by atoms with Crippen LogP contribution in [0, 0.1) is 11.3 Å². The molecule has 1 saturated carbocycles. The minimum absolute atomic E-state index is 0.0776. The second kappa shape index (κ2) is 10.3. The maximum atomic E-state index is 14.1. The van der Waals surface area contributed by atoms with Gasteiger partial charge in [-0.1, -0.05) is 26.8 Å². The van der Waals surface area contributed by atoms with E-state index >= 15 is 0 Å². The highest BCUT2D eigenvalue weighted by Crippen LogP contribution is 2.52. The van der Waals surface area contributed by atoms with Crippen molar-refractivity contribution in [2.75, 3.05) is 53.6 Å². The lowest BCUT2D eigenvalue weighted by molar-refractivity contribution is -0.332. The number of rotatable bonds is 8. The van der Waals surface area contributed by atoms with E-state index in [0.29, 0.717) is 58.8 Å². The Bertz CT molecular complexity index is 690. The Hall–Kier alpha value is -1.03. The molecule has 2 aliphatic heterocycles.